The molecule has 1 aromatic carbocycles. The SMILES string of the molecule is CC.Nc1cccc(-c2ccc[nH]2)c1. The second-order valence-corrected chi connectivity index (χ2v) is 2.71. The fourth-order valence-electron chi connectivity index (χ4n) is 1.22. The molecule has 0 atom stereocenters. The van der Waals surface area contributed by atoms with Gasteiger partial charge < -0.3 is 10.7 Å². The minimum absolute atomic E-state index is 0.794. The van der Waals surface area contributed by atoms with Crippen LogP contribution in [-0.4, -0.2) is 4.98 Å². The van der Waals surface area contributed by atoms with E-state index in [9.17, 15) is 0 Å². The van der Waals surface area contributed by atoms with Gasteiger partial charge in [-0.15, -0.1) is 0 Å². The molecule has 0 unspecified atom stereocenters. The number of hydrogen-bond acceptors (Lipinski definition) is 1. The third-order valence-electron chi connectivity index (χ3n) is 1.80. The van der Waals surface area contributed by atoms with Crippen molar-refractivity contribution in [2.24, 2.45) is 0 Å². The van der Waals surface area contributed by atoms with Crippen LogP contribution < -0.4 is 5.73 Å². The molecular formula is C12H16N2. The maximum absolute atomic E-state index is 5.65. The molecule has 0 radical (unpaired) electrons. The van der Waals surface area contributed by atoms with E-state index in [1.54, 1.807) is 0 Å². The lowest BCUT2D eigenvalue weighted by Gasteiger charge is -1.98. The zero-order valence-corrected chi connectivity index (χ0v) is 8.62. The van der Waals surface area contributed by atoms with E-state index in [1.807, 2.05) is 56.4 Å². The summed E-state index contributed by atoms with van der Waals surface area (Å²) in [6.07, 6.45) is 1.90. The lowest BCUT2D eigenvalue weighted by atomic mass is 10.1. The van der Waals surface area contributed by atoms with Crippen molar-refractivity contribution >= 4 is 5.69 Å². The van der Waals surface area contributed by atoms with Gasteiger partial charge >= 0.3 is 0 Å². The van der Waals surface area contributed by atoms with Crippen LogP contribution in [0.4, 0.5) is 5.69 Å². The molecule has 0 aliphatic heterocycles. The molecular weight excluding hydrogens is 172 g/mol. The Morgan fingerprint density at radius 2 is 1.86 bits per heavy atom. The Kier molecular flexibility index (Phi) is 3.80. The second kappa shape index (κ2) is 5.12. The van der Waals surface area contributed by atoms with E-state index in [0.29, 0.717) is 0 Å². The van der Waals surface area contributed by atoms with Gasteiger partial charge in [0.25, 0.3) is 0 Å². The highest BCUT2D eigenvalue weighted by Gasteiger charge is 1.96. The van der Waals surface area contributed by atoms with E-state index in [2.05, 4.69) is 4.98 Å². The summed E-state index contributed by atoms with van der Waals surface area (Å²) >= 11 is 0. The molecule has 0 aliphatic rings. The minimum atomic E-state index is 0.794. The summed E-state index contributed by atoms with van der Waals surface area (Å²) in [6.45, 7) is 4.00. The Morgan fingerprint density at radius 1 is 1.07 bits per heavy atom. The topological polar surface area (TPSA) is 41.8 Å². The van der Waals surface area contributed by atoms with Crippen molar-refractivity contribution in [1.29, 1.82) is 0 Å². The Hall–Kier alpha value is -1.70. The smallest absolute Gasteiger partial charge is 0.0454 e. The summed E-state index contributed by atoms with van der Waals surface area (Å²) < 4.78 is 0. The highest BCUT2D eigenvalue weighted by Crippen LogP contribution is 2.18. The van der Waals surface area contributed by atoms with Crippen molar-refractivity contribution in [2.45, 2.75) is 13.8 Å². The number of benzene rings is 1. The van der Waals surface area contributed by atoms with Gasteiger partial charge in [0.2, 0.25) is 0 Å². The van der Waals surface area contributed by atoms with Gasteiger partial charge in [-0.1, -0.05) is 26.0 Å². The number of aromatic nitrogens is 1. The molecule has 14 heavy (non-hydrogen) atoms. The maximum Gasteiger partial charge on any atom is 0.0454 e. The van der Waals surface area contributed by atoms with Crippen LogP contribution in [0.2, 0.25) is 0 Å². The van der Waals surface area contributed by atoms with E-state index in [-0.39, 0.29) is 0 Å². The van der Waals surface area contributed by atoms with E-state index in [0.717, 1.165) is 16.9 Å². The number of H-pyrrole nitrogens is 1. The van der Waals surface area contributed by atoms with Gasteiger partial charge in [-0.25, -0.2) is 0 Å². The first kappa shape index (κ1) is 10.4. The molecule has 0 fully saturated rings. The van der Waals surface area contributed by atoms with Crippen molar-refractivity contribution in [1.82, 2.24) is 4.98 Å². The van der Waals surface area contributed by atoms with Gasteiger partial charge in [-0.2, -0.15) is 0 Å². The number of nitrogens with one attached hydrogen (secondary N) is 1. The lowest BCUT2D eigenvalue weighted by Crippen LogP contribution is -1.84. The quantitative estimate of drug-likeness (QED) is 0.662. The second-order valence-electron chi connectivity index (χ2n) is 2.71. The largest absolute Gasteiger partial charge is 0.399 e. The summed E-state index contributed by atoms with van der Waals surface area (Å²) in [5.74, 6) is 0. The van der Waals surface area contributed by atoms with Crippen LogP contribution in [0.1, 0.15) is 13.8 Å². The monoisotopic (exact) mass is 188 g/mol. The Labute approximate surface area is 84.8 Å². The van der Waals surface area contributed by atoms with Gasteiger partial charge in [0.15, 0.2) is 0 Å². The van der Waals surface area contributed by atoms with Crippen molar-refractivity contribution in [3.8, 4) is 11.3 Å². The van der Waals surface area contributed by atoms with Crippen LogP contribution in [0, 0.1) is 0 Å². The lowest BCUT2D eigenvalue weighted by molar-refractivity contribution is 1.40. The van der Waals surface area contributed by atoms with Gasteiger partial charge in [-0.05, 0) is 29.8 Å². The number of hydrogen-bond donors (Lipinski definition) is 2. The first-order valence-electron chi connectivity index (χ1n) is 4.85. The predicted molar refractivity (Wildman–Crippen MR) is 62.0 cm³/mol. The zero-order chi connectivity index (χ0) is 10.4. The molecule has 2 aromatic rings. The van der Waals surface area contributed by atoms with Crippen LogP contribution in [0.5, 0.6) is 0 Å². The number of anilines is 1. The molecule has 0 aliphatic carbocycles. The summed E-state index contributed by atoms with van der Waals surface area (Å²) in [7, 11) is 0. The predicted octanol–water partition coefficient (Wildman–Crippen LogP) is 3.29. The highest BCUT2D eigenvalue weighted by atomic mass is 14.7. The molecule has 0 saturated heterocycles. The first-order chi connectivity index (χ1) is 6.86. The number of aromatic amines is 1. The molecule has 2 heteroatoms. The normalized spacial score (nSPS) is 9.00. The van der Waals surface area contributed by atoms with E-state index >= 15 is 0 Å². The molecule has 3 N–H and O–H groups in total. The van der Waals surface area contributed by atoms with E-state index < -0.39 is 0 Å². The first-order valence-corrected chi connectivity index (χ1v) is 4.85. The summed E-state index contributed by atoms with van der Waals surface area (Å²) in [5.41, 5.74) is 8.67. The summed E-state index contributed by atoms with van der Waals surface area (Å²) in [4.78, 5) is 3.13. The fraction of sp³-hybridized carbons (Fsp3) is 0.167. The van der Waals surface area contributed by atoms with Crippen LogP contribution in [-0.2, 0) is 0 Å². The average molecular weight is 188 g/mol. The third kappa shape index (κ3) is 2.39. The number of nitrogen functional groups attached to an aromatic ring is 1. The van der Waals surface area contributed by atoms with Crippen molar-refractivity contribution < 1.29 is 0 Å². The van der Waals surface area contributed by atoms with Crippen LogP contribution in [0.3, 0.4) is 0 Å². The fourth-order valence-corrected chi connectivity index (χ4v) is 1.22. The highest BCUT2D eigenvalue weighted by molar-refractivity contribution is 5.63. The summed E-state index contributed by atoms with van der Waals surface area (Å²) in [5, 5.41) is 0. The van der Waals surface area contributed by atoms with Crippen LogP contribution >= 0.6 is 0 Å². The molecule has 0 spiro atoms. The van der Waals surface area contributed by atoms with Crippen LogP contribution in [0.25, 0.3) is 11.3 Å². The van der Waals surface area contributed by atoms with Gasteiger partial charge in [0.05, 0.1) is 0 Å². The van der Waals surface area contributed by atoms with Gasteiger partial charge in [0.1, 0.15) is 0 Å². The zero-order valence-electron chi connectivity index (χ0n) is 8.62. The molecule has 74 valence electrons. The standard InChI is InChI=1S/C10H10N2.C2H6/c11-9-4-1-3-8(7-9)10-5-2-6-12-10;1-2/h1-7,12H,11H2;1-2H3. The molecule has 2 nitrogen and oxygen atoms in total. The average Bonchev–Trinajstić information content (AvgIpc) is 2.74. The van der Waals surface area contributed by atoms with E-state index in [4.69, 9.17) is 5.73 Å². The number of nitrogens with two attached hydrogens (primary N) is 1. The Balaban J connectivity index is 0.000000461. The molecule has 1 heterocycles. The molecule has 2 rings (SSSR count). The Bertz CT molecular complexity index is 364. The van der Waals surface area contributed by atoms with Crippen molar-refractivity contribution in [3.05, 3.63) is 42.6 Å². The minimum Gasteiger partial charge on any atom is -0.399 e. The van der Waals surface area contributed by atoms with Crippen molar-refractivity contribution in [2.75, 3.05) is 5.73 Å². The van der Waals surface area contributed by atoms with Gasteiger partial charge in [0, 0.05) is 17.6 Å². The maximum atomic E-state index is 5.65. The van der Waals surface area contributed by atoms with Crippen molar-refractivity contribution in [3.63, 3.8) is 0 Å². The third-order valence-corrected chi connectivity index (χ3v) is 1.80. The van der Waals surface area contributed by atoms with Crippen LogP contribution in [0.15, 0.2) is 42.6 Å². The molecule has 0 amide bonds. The molecule has 1 aromatic heterocycles. The number of rotatable bonds is 1. The van der Waals surface area contributed by atoms with E-state index in [1.165, 1.54) is 0 Å². The Morgan fingerprint density at radius 3 is 2.43 bits per heavy atom. The summed E-state index contributed by atoms with van der Waals surface area (Å²) in [6, 6.07) is 11.8. The van der Waals surface area contributed by atoms with Gasteiger partial charge in [-0.3, -0.25) is 0 Å². The molecule has 0 saturated carbocycles. The molecule has 0 bridgehead atoms.